The van der Waals surface area contributed by atoms with Crippen molar-refractivity contribution in [2.45, 2.75) is 78.6 Å². The first-order valence-corrected chi connectivity index (χ1v) is 28.3. The molecule has 0 radical (unpaired) electrons. The molecule has 9 aromatic carbocycles. The molecule has 4 aromatic heterocycles. The third-order valence-electron chi connectivity index (χ3n) is 17.1. The van der Waals surface area contributed by atoms with Gasteiger partial charge in [-0.1, -0.05) is 184 Å². The van der Waals surface area contributed by atoms with Gasteiger partial charge in [0.05, 0.1) is 23.9 Å². The molecule has 0 N–H and O–H groups in total. The highest BCUT2D eigenvalue weighted by molar-refractivity contribution is 7.02. The summed E-state index contributed by atoms with van der Waals surface area (Å²) in [6.45, 7) is 20.4. The van der Waals surface area contributed by atoms with E-state index in [1.54, 1.807) is 0 Å². The Kier molecular flexibility index (Phi) is 10.7. The van der Waals surface area contributed by atoms with Crippen LogP contribution in [-0.4, -0.2) is 6.71 Å². The Bertz CT molecular complexity index is 4380. The normalized spacial score (nSPS) is 13.4. The standard InChI is InChI=1S/C74H61BN2O4/c1-72(2,3)48-30-34-65-55(38-48)67-70(80-65)76(59-32-28-46(36-53(59)44-20-12-10-13-21-44)57-42-78-63-26-18-16-24-51(57)63)61-40-50(74(7,8)9)41-62-69(61)75(67)68-56-39-49(73(4,5)6)31-35-66(56)81-71(68)77(62)60-33-29-47(37-54(60)45-22-14-11-15-23-45)58-43-79-64-27-19-17-25-52(58)64/h10-43H,1-9H3. The third-order valence-corrected chi connectivity index (χ3v) is 17.1. The highest BCUT2D eigenvalue weighted by Crippen LogP contribution is 2.53. The van der Waals surface area contributed by atoms with Gasteiger partial charge < -0.3 is 17.7 Å². The predicted octanol–water partition coefficient (Wildman–Crippen LogP) is 19.3. The molecule has 13 aromatic rings. The van der Waals surface area contributed by atoms with Gasteiger partial charge in [-0.25, -0.2) is 0 Å². The van der Waals surface area contributed by atoms with Gasteiger partial charge in [0.2, 0.25) is 11.8 Å². The SMILES string of the molecule is CC(C)(C)c1cc2c3c(c1)N(c1ccc(-c4coc5ccccc45)cc1-c1ccccc1)c1oc4ccc(C(C)(C)C)cc4c1B3c1c(oc3ccc(C(C)(C)C)cc13)N2c1ccc(-c2coc3ccccc23)cc1-c1ccccc1. The van der Waals surface area contributed by atoms with Crippen LogP contribution in [0.4, 0.5) is 34.5 Å². The van der Waals surface area contributed by atoms with E-state index in [9.17, 15) is 0 Å². The minimum absolute atomic E-state index is 0.133. The Balaban J connectivity index is 1.09. The molecule has 0 saturated carbocycles. The zero-order valence-electron chi connectivity index (χ0n) is 47.2. The Morgan fingerprint density at radius 2 is 0.716 bits per heavy atom. The first kappa shape index (κ1) is 48.9. The zero-order chi connectivity index (χ0) is 55.3. The molecule has 0 amide bonds. The summed E-state index contributed by atoms with van der Waals surface area (Å²) in [4.78, 5) is 4.90. The molecule has 0 fully saturated rings. The quantitative estimate of drug-likeness (QED) is 0.155. The fourth-order valence-electron chi connectivity index (χ4n) is 12.8. The fraction of sp³-hybridized carbons (Fsp3) is 0.162. The molecule has 0 atom stereocenters. The second-order valence-corrected chi connectivity index (χ2v) is 25.3. The van der Waals surface area contributed by atoms with Crippen molar-refractivity contribution in [2.24, 2.45) is 0 Å². The van der Waals surface area contributed by atoms with Crippen molar-refractivity contribution in [3.63, 3.8) is 0 Å². The lowest BCUT2D eigenvalue weighted by molar-refractivity contribution is 0.588. The number of benzene rings is 9. The van der Waals surface area contributed by atoms with Crippen LogP contribution in [0.2, 0.25) is 0 Å². The minimum Gasteiger partial charge on any atom is -0.464 e. The van der Waals surface area contributed by atoms with Gasteiger partial charge >= 0.3 is 0 Å². The number of para-hydroxylation sites is 2. The summed E-state index contributed by atoms with van der Waals surface area (Å²) in [7, 11) is 0. The molecule has 0 saturated heterocycles. The fourth-order valence-corrected chi connectivity index (χ4v) is 12.8. The second kappa shape index (κ2) is 17.7. The number of rotatable bonds is 6. The van der Waals surface area contributed by atoms with E-state index in [1.165, 1.54) is 22.2 Å². The van der Waals surface area contributed by atoms with Crippen LogP contribution < -0.4 is 26.2 Å². The molecule has 6 nitrogen and oxygen atoms in total. The van der Waals surface area contributed by atoms with Crippen molar-refractivity contribution in [2.75, 3.05) is 9.80 Å². The van der Waals surface area contributed by atoms with Crippen LogP contribution in [0.1, 0.15) is 79.0 Å². The number of fused-ring (bicyclic) bond motifs is 10. The van der Waals surface area contributed by atoms with Crippen LogP contribution in [0.15, 0.2) is 224 Å². The van der Waals surface area contributed by atoms with Crippen molar-refractivity contribution >= 4 is 101 Å². The van der Waals surface area contributed by atoms with E-state index in [2.05, 4.69) is 242 Å². The van der Waals surface area contributed by atoms with Crippen molar-refractivity contribution in [3.05, 3.63) is 223 Å². The molecule has 0 spiro atoms. The van der Waals surface area contributed by atoms with Gasteiger partial charge in [0, 0.05) is 66.1 Å². The Morgan fingerprint density at radius 3 is 1.14 bits per heavy atom. The largest absolute Gasteiger partial charge is 0.464 e. The van der Waals surface area contributed by atoms with Crippen molar-refractivity contribution in [1.29, 1.82) is 0 Å². The van der Waals surface area contributed by atoms with Crippen LogP contribution in [0.5, 0.6) is 0 Å². The number of furan rings is 4. The van der Waals surface area contributed by atoms with Crippen LogP contribution in [-0.2, 0) is 16.2 Å². The third kappa shape index (κ3) is 7.69. The summed E-state index contributed by atoms with van der Waals surface area (Å²) < 4.78 is 27.5. The molecular formula is C74H61BN2O4. The number of nitrogens with zero attached hydrogens (tertiary/aromatic N) is 2. The van der Waals surface area contributed by atoms with E-state index in [-0.39, 0.29) is 23.0 Å². The number of anilines is 6. The molecule has 0 unspecified atom stereocenters. The molecule has 6 heterocycles. The summed E-state index contributed by atoms with van der Waals surface area (Å²) in [5, 5.41) is 4.33. The molecule has 2 aliphatic heterocycles. The summed E-state index contributed by atoms with van der Waals surface area (Å²) >= 11 is 0. The lowest BCUT2D eigenvalue weighted by Crippen LogP contribution is -2.61. The van der Waals surface area contributed by atoms with Gasteiger partial charge in [0.25, 0.3) is 6.71 Å². The van der Waals surface area contributed by atoms with Crippen molar-refractivity contribution in [3.8, 4) is 44.5 Å². The molecule has 394 valence electrons. The molecular weight excluding hydrogens is 992 g/mol. The first-order valence-electron chi connectivity index (χ1n) is 28.3. The van der Waals surface area contributed by atoms with E-state index in [1.807, 2.05) is 36.8 Å². The summed E-state index contributed by atoms with van der Waals surface area (Å²) in [6.07, 6.45) is 3.79. The van der Waals surface area contributed by atoms with Gasteiger partial charge in [-0.05, 0) is 133 Å². The van der Waals surface area contributed by atoms with Crippen molar-refractivity contribution < 1.29 is 17.7 Å². The number of hydrogen-bond donors (Lipinski definition) is 0. The smallest absolute Gasteiger partial charge is 0.262 e. The van der Waals surface area contributed by atoms with Crippen LogP contribution in [0.25, 0.3) is 88.4 Å². The molecule has 0 bridgehead atoms. The van der Waals surface area contributed by atoms with Crippen LogP contribution in [0.3, 0.4) is 0 Å². The second-order valence-electron chi connectivity index (χ2n) is 25.3. The molecule has 81 heavy (non-hydrogen) atoms. The van der Waals surface area contributed by atoms with E-state index >= 15 is 0 Å². The predicted molar refractivity (Wildman–Crippen MR) is 337 cm³/mol. The maximum absolute atomic E-state index is 7.56. The van der Waals surface area contributed by atoms with Gasteiger partial charge in [-0.3, -0.25) is 9.80 Å². The average molecular weight is 1050 g/mol. The molecule has 15 rings (SSSR count). The van der Waals surface area contributed by atoms with Gasteiger partial charge in [0.15, 0.2) is 0 Å². The lowest BCUT2D eigenvalue weighted by Gasteiger charge is -2.42. The summed E-state index contributed by atoms with van der Waals surface area (Å²) in [6, 6.07) is 70.6. The van der Waals surface area contributed by atoms with E-state index in [0.29, 0.717) is 0 Å². The van der Waals surface area contributed by atoms with Gasteiger partial charge in [-0.15, -0.1) is 0 Å². The van der Waals surface area contributed by atoms with Crippen LogP contribution >= 0.6 is 0 Å². The molecule has 7 heteroatoms. The van der Waals surface area contributed by atoms with Crippen LogP contribution in [0, 0.1) is 0 Å². The number of hydrogen-bond acceptors (Lipinski definition) is 6. The molecule has 0 aliphatic carbocycles. The highest BCUT2D eigenvalue weighted by atomic mass is 16.4. The topological polar surface area (TPSA) is 59.0 Å². The monoisotopic (exact) mass is 1050 g/mol. The maximum atomic E-state index is 7.56. The highest BCUT2D eigenvalue weighted by Gasteiger charge is 2.50. The van der Waals surface area contributed by atoms with E-state index in [4.69, 9.17) is 17.7 Å². The Morgan fingerprint density at radius 1 is 0.309 bits per heavy atom. The van der Waals surface area contributed by atoms with Gasteiger partial charge in [0.1, 0.15) is 22.3 Å². The Labute approximate surface area is 473 Å². The summed E-state index contributed by atoms with van der Waals surface area (Å²) in [5.41, 5.74) is 22.6. The maximum Gasteiger partial charge on any atom is 0.262 e. The summed E-state index contributed by atoms with van der Waals surface area (Å²) in [5.74, 6) is 1.60. The minimum atomic E-state index is -0.303. The Hall–Kier alpha value is -9.20. The molecule has 2 aliphatic rings. The lowest BCUT2D eigenvalue weighted by atomic mass is 9.33. The zero-order valence-corrected chi connectivity index (χ0v) is 47.2. The van der Waals surface area contributed by atoms with E-state index < -0.39 is 0 Å². The van der Waals surface area contributed by atoms with Gasteiger partial charge in [-0.2, -0.15) is 0 Å². The average Bonchev–Trinajstić information content (AvgIpc) is 4.34. The van der Waals surface area contributed by atoms with E-state index in [0.717, 1.165) is 134 Å². The van der Waals surface area contributed by atoms with Crippen molar-refractivity contribution in [1.82, 2.24) is 0 Å². The first-order chi connectivity index (χ1) is 39.1.